The summed E-state index contributed by atoms with van der Waals surface area (Å²) in [6, 6.07) is 0.934. The van der Waals surface area contributed by atoms with Crippen LogP contribution in [0.5, 0.6) is 0 Å². The standard InChI is InChI=1S/C9H17NO2S/c1-7-3-5-13(11)9-6-12-4-2-8(9)10-7/h7-10H,2-6H2,1H3. The Bertz CT molecular complexity index is 210. The summed E-state index contributed by atoms with van der Waals surface area (Å²) in [6.07, 6.45) is 2.04. The summed E-state index contributed by atoms with van der Waals surface area (Å²) in [7, 11) is -0.682. The number of nitrogens with one attached hydrogen (secondary N) is 1. The molecule has 0 aliphatic carbocycles. The van der Waals surface area contributed by atoms with Gasteiger partial charge in [0.15, 0.2) is 0 Å². The zero-order valence-electron chi connectivity index (χ0n) is 7.99. The van der Waals surface area contributed by atoms with Gasteiger partial charge in [-0.2, -0.15) is 0 Å². The van der Waals surface area contributed by atoms with Crippen molar-refractivity contribution in [3.8, 4) is 0 Å². The zero-order chi connectivity index (χ0) is 9.26. The lowest BCUT2D eigenvalue weighted by atomic mass is 10.1. The summed E-state index contributed by atoms with van der Waals surface area (Å²) in [5.74, 6) is 0.832. The van der Waals surface area contributed by atoms with Crippen LogP contribution in [0.15, 0.2) is 0 Å². The molecule has 4 heteroatoms. The highest BCUT2D eigenvalue weighted by Gasteiger charge is 2.33. The third kappa shape index (κ3) is 2.11. The summed E-state index contributed by atoms with van der Waals surface area (Å²) in [6.45, 7) is 3.67. The minimum atomic E-state index is -0.682. The van der Waals surface area contributed by atoms with Crippen LogP contribution in [0.1, 0.15) is 19.8 Å². The quantitative estimate of drug-likeness (QED) is 0.614. The fourth-order valence-electron chi connectivity index (χ4n) is 2.05. The van der Waals surface area contributed by atoms with Gasteiger partial charge in [-0.15, -0.1) is 0 Å². The number of fused-ring (bicyclic) bond motifs is 1. The number of hydrogen-bond donors (Lipinski definition) is 1. The first-order valence-corrected chi connectivity index (χ1v) is 6.36. The predicted molar refractivity (Wildman–Crippen MR) is 53.2 cm³/mol. The molecule has 2 rings (SSSR count). The maximum absolute atomic E-state index is 11.8. The van der Waals surface area contributed by atoms with Crippen LogP contribution in [0.3, 0.4) is 0 Å². The first-order valence-electron chi connectivity index (χ1n) is 4.98. The van der Waals surface area contributed by atoms with E-state index in [1.807, 2.05) is 0 Å². The number of ether oxygens (including phenoxy) is 1. The number of rotatable bonds is 0. The molecule has 2 aliphatic rings. The Morgan fingerprint density at radius 1 is 1.46 bits per heavy atom. The topological polar surface area (TPSA) is 38.3 Å². The van der Waals surface area contributed by atoms with Gasteiger partial charge >= 0.3 is 0 Å². The molecular weight excluding hydrogens is 186 g/mol. The van der Waals surface area contributed by atoms with Gasteiger partial charge in [0.05, 0.1) is 11.9 Å². The van der Waals surface area contributed by atoms with E-state index in [1.165, 1.54) is 0 Å². The second-order valence-corrected chi connectivity index (χ2v) is 5.73. The van der Waals surface area contributed by atoms with Gasteiger partial charge in [0.25, 0.3) is 0 Å². The second kappa shape index (κ2) is 4.07. The average Bonchev–Trinajstić information content (AvgIpc) is 2.27. The van der Waals surface area contributed by atoms with Crippen LogP contribution in [0, 0.1) is 0 Å². The lowest BCUT2D eigenvalue weighted by molar-refractivity contribution is 0.0807. The van der Waals surface area contributed by atoms with Gasteiger partial charge in [-0.05, 0) is 19.8 Å². The van der Waals surface area contributed by atoms with Crippen LogP contribution in [-0.4, -0.2) is 40.5 Å². The van der Waals surface area contributed by atoms with Crippen molar-refractivity contribution in [1.29, 1.82) is 0 Å². The molecule has 2 heterocycles. The minimum absolute atomic E-state index is 0.235. The Hall–Kier alpha value is 0.0700. The number of hydrogen-bond acceptors (Lipinski definition) is 3. The van der Waals surface area contributed by atoms with Crippen molar-refractivity contribution < 1.29 is 8.95 Å². The molecule has 0 aromatic carbocycles. The van der Waals surface area contributed by atoms with Crippen LogP contribution in [0.25, 0.3) is 0 Å². The summed E-state index contributed by atoms with van der Waals surface area (Å²) in [4.78, 5) is 0. The third-order valence-corrected chi connectivity index (χ3v) is 4.67. The molecule has 0 spiro atoms. The lowest BCUT2D eigenvalue weighted by Gasteiger charge is -2.30. The zero-order valence-corrected chi connectivity index (χ0v) is 8.81. The fourth-order valence-corrected chi connectivity index (χ4v) is 3.77. The predicted octanol–water partition coefficient (Wildman–Crippen LogP) is 0.274. The van der Waals surface area contributed by atoms with Crippen molar-refractivity contribution in [1.82, 2.24) is 5.32 Å². The molecule has 0 bridgehead atoms. The van der Waals surface area contributed by atoms with Crippen LogP contribution in [0.2, 0.25) is 0 Å². The molecule has 0 amide bonds. The minimum Gasteiger partial charge on any atom is -0.380 e. The van der Waals surface area contributed by atoms with Gasteiger partial charge in [0.1, 0.15) is 0 Å². The lowest BCUT2D eigenvalue weighted by Crippen LogP contribution is -2.49. The largest absolute Gasteiger partial charge is 0.380 e. The van der Waals surface area contributed by atoms with E-state index in [4.69, 9.17) is 4.74 Å². The molecule has 0 radical (unpaired) electrons. The van der Waals surface area contributed by atoms with E-state index < -0.39 is 10.8 Å². The van der Waals surface area contributed by atoms with E-state index >= 15 is 0 Å². The van der Waals surface area contributed by atoms with Crippen LogP contribution in [-0.2, 0) is 15.5 Å². The maximum Gasteiger partial charge on any atom is 0.0735 e. The van der Waals surface area contributed by atoms with E-state index in [2.05, 4.69) is 12.2 Å². The Morgan fingerprint density at radius 2 is 2.31 bits per heavy atom. The molecule has 3 nitrogen and oxygen atoms in total. The Labute approximate surface area is 81.7 Å². The van der Waals surface area contributed by atoms with Gasteiger partial charge in [-0.25, -0.2) is 0 Å². The van der Waals surface area contributed by atoms with Crippen LogP contribution in [0.4, 0.5) is 0 Å². The first-order chi connectivity index (χ1) is 6.27. The monoisotopic (exact) mass is 203 g/mol. The molecule has 0 aromatic heterocycles. The summed E-state index contributed by atoms with van der Waals surface area (Å²) in [5, 5.41) is 3.77. The molecule has 2 aliphatic heterocycles. The van der Waals surface area contributed by atoms with Crippen molar-refractivity contribution in [2.75, 3.05) is 19.0 Å². The second-order valence-electron chi connectivity index (χ2n) is 3.95. The van der Waals surface area contributed by atoms with Gasteiger partial charge in [-0.1, -0.05) is 0 Å². The Morgan fingerprint density at radius 3 is 3.15 bits per heavy atom. The third-order valence-electron chi connectivity index (χ3n) is 2.89. The molecule has 2 fully saturated rings. The van der Waals surface area contributed by atoms with Crippen LogP contribution >= 0.6 is 0 Å². The van der Waals surface area contributed by atoms with E-state index in [0.717, 1.165) is 25.2 Å². The normalized spacial score (nSPS) is 46.5. The van der Waals surface area contributed by atoms with Gasteiger partial charge in [0, 0.05) is 35.2 Å². The smallest absolute Gasteiger partial charge is 0.0735 e. The molecule has 0 aromatic rings. The van der Waals surface area contributed by atoms with Crippen LogP contribution < -0.4 is 5.32 Å². The van der Waals surface area contributed by atoms with E-state index in [-0.39, 0.29) is 5.25 Å². The van der Waals surface area contributed by atoms with Gasteiger partial charge in [-0.3, -0.25) is 4.21 Å². The first kappa shape index (κ1) is 9.62. The summed E-state index contributed by atoms with van der Waals surface area (Å²) < 4.78 is 17.2. The summed E-state index contributed by atoms with van der Waals surface area (Å²) >= 11 is 0. The highest BCUT2D eigenvalue weighted by molar-refractivity contribution is 7.85. The van der Waals surface area contributed by atoms with Crippen molar-refractivity contribution in [3.63, 3.8) is 0 Å². The molecule has 4 unspecified atom stereocenters. The molecule has 0 saturated carbocycles. The van der Waals surface area contributed by atoms with Crippen molar-refractivity contribution >= 4 is 10.8 Å². The molecule has 4 atom stereocenters. The highest BCUT2D eigenvalue weighted by Crippen LogP contribution is 2.18. The van der Waals surface area contributed by atoms with Crippen molar-refractivity contribution in [2.24, 2.45) is 0 Å². The van der Waals surface area contributed by atoms with Crippen molar-refractivity contribution in [3.05, 3.63) is 0 Å². The Balaban J connectivity index is 2.09. The molecule has 76 valence electrons. The molecular formula is C9H17NO2S. The van der Waals surface area contributed by atoms with Gasteiger partial charge in [0.2, 0.25) is 0 Å². The maximum atomic E-state index is 11.8. The van der Waals surface area contributed by atoms with Crippen molar-refractivity contribution in [2.45, 2.75) is 37.1 Å². The highest BCUT2D eigenvalue weighted by atomic mass is 32.2. The summed E-state index contributed by atoms with van der Waals surface area (Å²) in [5.41, 5.74) is 0. The Kier molecular flexibility index (Phi) is 3.01. The molecule has 13 heavy (non-hydrogen) atoms. The molecule has 2 saturated heterocycles. The van der Waals surface area contributed by atoms with E-state index in [9.17, 15) is 4.21 Å². The SMILES string of the molecule is CC1CCS(=O)C2COCCC2N1. The van der Waals surface area contributed by atoms with E-state index in [0.29, 0.717) is 18.7 Å². The molecule has 1 N–H and O–H groups in total. The van der Waals surface area contributed by atoms with E-state index in [1.54, 1.807) is 0 Å². The average molecular weight is 203 g/mol. The fraction of sp³-hybridized carbons (Fsp3) is 1.00. The van der Waals surface area contributed by atoms with Gasteiger partial charge < -0.3 is 10.1 Å².